The molecule has 2 aliphatic rings. The van der Waals surface area contributed by atoms with Gasteiger partial charge in [0.15, 0.2) is 0 Å². The Morgan fingerprint density at radius 2 is 1.78 bits per heavy atom. The highest BCUT2D eigenvalue weighted by atomic mass is 35.5. The third kappa shape index (κ3) is 3.62. The van der Waals surface area contributed by atoms with Gasteiger partial charge in [-0.25, -0.2) is 14.4 Å². The third-order valence-corrected chi connectivity index (χ3v) is 7.10. The molecule has 1 fully saturated rings. The van der Waals surface area contributed by atoms with E-state index in [1.165, 1.54) is 23.3 Å². The maximum Gasteiger partial charge on any atom is 0.141 e. The molecule has 0 radical (unpaired) electrons. The number of anilines is 1. The Morgan fingerprint density at radius 3 is 2.44 bits per heavy atom. The van der Waals surface area contributed by atoms with Gasteiger partial charge in [0.25, 0.3) is 0 Å². The lowest BCUT2D eigenvalue weighted by atomic mass is 9.92. The first kappa shape index (κ1) is 22.5. The van der Waals surface area contributed by atoms with Crippen LogP contribution in [-0.2, 0) is 11.8 Å². The van der Waals surface area contributed by atoms with Crippen molar-refractivity contribution in [2.45, 2.75) is 51.5 Å². The standard InChI is InChI=1S/C26H28FN3O.ClH/c1-16-17(2)28-25(26(12-13-26)20-6-8-21(27)9-7-20)29-24(16)30-14-11-19-5-10-22(31-4)15-23(19)18(30)3;/h5-10,15,18H,11-14H2,1-4H3;1H. The zero-order chi connectivity index (χ0) is 21.8. The van der Waals surface area contributed by atoms with Gasteiger partial charge in [0.1, 0.15) is 23.2 Å². The Bertz CT molecular complexity index is 1140. The first-order valence-electron chi connectivity index (χ1n) is 11.0. The number of rotatable bonds is 4. The van der Waals surface area contributed by atoms with Gasteiger partial charge in [0.2, 0.25) is 0 Å². The molecule has 0 amide bonds. The molecule has 2 aromatic carbocycles. The van der Waals surface area contributed by atoms with Crippen molar-refractivity contribution < 1.29 is 9.13 Å². The first-order chi connectivity index (χ1) is 14.9. The van der Waals surface area contributed by atoms with E-state index >= 15 is 0 Å². The van der Waals surface area contributed by atoms with Crippen molar-refractivity contribution in [1.82, 2.24) is 9.97 Å². The Morgan fingerprint density at radius 1 is 1.06 bits per heavy atom. The number of nitrogens with zero attached hydrogens (tertiary/aromatic N) is 3. The zero-order valence-electron chi connectivity index (χ0n) is 19.0. The fourth-order valence-electron chi connectivity index (χ4n) is 4.85. The van der Waals surface area contributed by atoms with Crippen molar-refractivity contribution in [3.05, 3.63) is 82.1 Å². The van der Waals surface area contributed by atoms with Crippen LogP contribution in [0, 0.1) is 19.7 Å². The van der Waals surface area contributed by atoms with E-state index in [4.69, 9.17) is 14.7 Å². The van der Waals surface area contributed by atoms with Crippen LogP contribution in [0.4, 0.5) is 10.2 Å². The highest BCUT2D eigenvalue weighted by Crippen LogP contribution is 2.53. The van der Waals surface area contributed by atoms with Gasteiger partial charge in [-0.1, -0.05) is 18.2 Å². The minimum atomic E-state index is -0.211. The normalized spacial score (nSPS) is 18.5. The van der Waals surface area contributed by atoms with E-state index in [1.54, 1.807) is 7.11 Å². The lowest BCUT2D eigenvalue weighted by Crippen LogP contribution is -2.36. The maximum atomic E-state index is 13.5. The predicted molar refractivity (Wildman–Crippen MR) is 128 cm³/mol. The van der Waals surface area contributed by atoms with Crippen LogP contribution in [0.3, 0.4) is 0 Å². The van der Waals surface area contributed by atoms with Crippen molar-refractivity contribution in [2.75, 3.05) is 18.6 Å². The monoisotopic (exact) mass is 453 g/mol. The molecule has 0 spiro atoms. The van der Waals surface area contributed by atoms with Crippen molar-refractivity contribution in [1.29, 1.82) is 0 Å². The number of benzene rings is 2. The summed E-state index contributed by atoms with van der Waals surface area (Å²) in [6.07, 6.45) is 2.97. The van der Waals surface area contributed by atoms with Crippen molar-refractivity contribution >= 4 is 18.2 Å². The van der Waals surface area contributed by atoms with E-state index < -0.39 is 0 Å². The molecule has 0 N–H and O–H groups in total. The summed E-state index contributed by atoms with van der Waals surface area (Å²) in [5.74, 6) is 2.55. The predicted octanol–water partition coefficient (Wildman–Crippen LogP) is 5.87. The Balaban J connectivity index is 0.00000245. The smallest absolute Gasteiger partial charge is 0.141 e. The van der Waals surface area contributed by atoms with Crippen molar-refractivity contribution in [2.24, 2.45) is 0 Å². The van der Waals surface area contributed by atoms with Gasteiger partial charge in [-0.05, 0) is 81.0 Å². The number of halogens is 2. The van der Waals surface area contributed by atoms with Crippen LogP contribution in [0.25, 0.3) is 0 Å². The molecule has 32 heavy (non-hydrogen) atoms. The molecule has 1 aliphatic heterocycles. The molecular weight excluding hydrogens is 425 g/mol. The van der Waals surface area contributed by atoms with Crippen LogP contribution in [-0.4, -0.2) is 23.6 Å². The molecule has 5 rings (SSSR count). The van der Waals surface area contributed by atoms with Crippen molar-refractivity contribution in [3.8, 4) is 5.75 Å². The number of methoxy groups -OCH3 is 1. The fraction of sp³-hybridized carbons (Fsp3) is 0.385. The second kappa shape index (κ2) is 8.36. The van der Waals surface area contributed by atoms with E-state index in [0.29, 0.717) is 0 Å². The molecule has 1 unspecified atom stereocenters. The van der Waals surface area contributed by atoms with Crippen LogP contribution in [0.1, 0.15) is 59.6 Å². The average Bonchev–Trinajstić information content (AvgIpc) is 3.58. The third-order valence-electron chi connectivity index (χ3n) is 7.10. The van der Waals surface area contributed by atoms with Gasteiger partial charge in [-0.15, -0.1) is 12.4 Å². The summed E-state index contributed by atoms with van der Waals surface area (Å²) in [4.78, 5) is 12.5. The Labute approximate surface area is 195 Å². The van der Waals surface area contributed by atoms with E-state index in [-0.39, 0.29) is 29.7 Å². The van der Waals surface area contributed by atoms with Gasteiger partial charge in [-0.3, -0.25) is 0 Å². The fourth-order valence-corrected chi connectivity index (χ4v) is 4.85. The van der Waals surface area contributed by atoms with Crippen LogP contribution < -0.4 is 9.64 Å². The molecule has 168 valence electrons. The molecule has 1 aromatic heterocycles. The second-order valence-electron chi connectivity index (χ2n) is 8.85. The summed E-state index contributed by atoms with van der Waals surface area (Å²) in [6, 6.07) is 13.4. The average molecular weight is 454 g/mol. The Hall–Kier alpha value is -2.66. The van der Waals surface area contributed by atoms with E-state index in [9.17, 15) is 4.39 Å². The van der Waals surface area contributed by atoms with Gasteiger partial charge in [-0.2, -0.15) is 0 Å². The summed E-state index contributed by atoms with van der Waals surface area (Å²) < 4.78 is 19.0. The summed E-state index contributed by atoms with van der Waals surface area (Å²) in [5.41, 5.74) is 5.71. The van der Waals surface area contributed by atoms with Crippen LogP contribution in [0.5, 0.6) is 5.75 Å². The number of aryl methyl sites for hydroxylation is 1. The van der Waals surface area contributed by atoms with Crippen LogP contribution in [0.15, 0.2) is 42.5 Å². The number of fused-ring (bicyclic) bond motifs is 1. The molecule has 0 saturated heterocycles. The lowest BCUT2D eigenvalue weighted by Gasteiger charge is -2.37. The molecule has 1 saturated carbocycles. The summed E-state index contributed by atoms with van der Waals surface area (Å²) in [7, 11) is 1.71. The highest BCUT2D eigenvalue weighted by Gasteiger charge is 2.49. The molecule has 3 aromatic rings. The molecule has 6 heteroatoms. The van der Waals surface area contributed by atoms with E-state index in [0.717, 1.165) is 60.0 Å². The Kier molecular flexibility index (Phi) is 5.89. The zero-order valence-corrected chi connectivity index (χ0v) is 19.8. The van der Waals surface area contributed by atoms with Gasteiger partial charge in [0.05, 0.1) is 18.6 Å². The minimum absolute atomic E-state index is 0. The second-order valence-corrected chi connectivity index (χ2v) is 8.85. The first-order valence-corrected chi connectivity index (χ1v) is 11.0. The number of hydrogen-bond donors (Lipinski definition) is 0. The number of aromatic nitrogens is 2. The summed E-state index contributed by atoms with van der Waals surface area (Å²) >= 11 is 0. The van der Waals surface area contributed by atoms with E-state index in [2.05, 4.69) is 37.8 Å². The summed E-state index contributed by atoms with van der Waals surface area (Å²) in [6.45, 7) is 7.33. The maximum absolute atomic E-state index is 13.5. The quantitative estimate of drug-likeness (QED) is 0.495. The van der Waals surface area contributed by atoms with Gasteiger partial charge >= 0.3 is 0 Å². The SMILES string of the molecule is COc1ccc2c(c1)C(C)N(c1nc(C3(c4ccc(F)cc4)CC3)nc(C)c1C)CC2.Cl. The number of ether oxygens (including phenoxy) is 1. The molecule has 1 aliphatic carbocycles. The largest absolute Gasteiger partial charge is 0.497 e. The van der Waals surface area contributed by atoms with E-state index in [1.807, 2.05) is 18.2 Å². The van der Waals surface area contributed by atoms with Crippen molar-refractivity contribution in [3.63, 3.8) is 0 Å². The topological polar surface area (TPSA) is 38.2 Å². The molecule has 4 nitrogen and oxygen atoms in total. The van der Waals surface area contributed by atoms with Crippen LogP contribution >= 0.6 is 12.4 Å². The highest BCUT2D eigenvalue weighted by molar-refractivity contribution is 5.85. The van der Waals surface area contributed by atoms with Gasteiger partial charge in [0, 0.05) is 17.8 Å². The number of hydrogen-bond acceptors (Lipinski definition) is 4. The van der Waals surface area contributed by atoms with Gasteiger partial charge < -0.3 is 9.64 Å². The lowest BCUT2D eigenvalue weighted by molar-refractivity contribution is 0.413. The summed E-state index contributed by atoms with van der Waals surface area (Å²) in [5, 5.41) is 0. The molecule has 2 heterocycles. The van der Waals surface area contributed by atoms with Crippen LogP contribution in [0.2, 0.25) is 0 Å². The molecular formula is C26H29ClFN3O. The molecule has 1 atom stereocenters. The molecule has 0 bridgehead atoms. The minimum Gasteiger partial charge on any atom is -0.497 e.